The molecule has 2 rings (SSSR count). The Morgan fingerprint density at radius 2 is 2.00 bits per heavy atom. The lowest BCUT2D eigenvalue weighted by Crippen LogP contribution is -2.29. The fraction of sp³-hybridized carbons (Fsp3) is 0.200. The quantitative estimate of drug-likeness (QED) is 0.852. The van der Waals surface area contributed by atoms with Crippen LogP contribution in [0.5, 0.6) is 0 Å². The Hall–Kier alpha value is -2.63. The van der Waals surface area contributed by atoms with Gasteiger partial charge in [0.2, 0.25) is 0 Å². The number of carbonyl (C=O) groups excluding carboxylic acids is 2. The summed E-state index contributed by atoms with van der Waals surface area (Å²) in [5.41, 5.74) is 0.733. The van der Waals surface area contributed by atoms with Gasteiger partial charge in [0.05, 0.1) is 0 Å². The number of esters is 1. The molecule has 110 valence electrons. The fourth-order valence-corrected chi connectivity index (χ4v) is 1.76. The number of ether oxygens (including phenoxy) is 1. The molecule has 1 aromatic heterocycles. The van der Waals surface area contributed by atoms with Gasteiger partial charge < -0.3 is 14.6 Å². The second kappa shape index (κ2) is 6.69. The monoisotopic (exact) mass is 290 g/mol. The van der Waals surface area contributed by atoms with Gasteiger partial charge in [0.15, 0.2) is 6.61 Å². The number of nitrogens with one attached hydrogen (secondary N) is 1. The second-order valence-electron chi connectivity index (χ2n) is 4.45. The fourth-order valence-electron chi connectivity index (χ4n) is 1.76. The van der Waals surface area contributed by atoms with E-state index in [0.29, 0.717) is 11.3 Å². The van der Waals surface area contributed by atoms with Gasteiger partial charge in [-0.15, -0.1) is 0 Å². The molecule has 5 nitrogen and oxygen atoms in total. The van der Waals surface area contributed by atoms with Crippen molar-refractivity contribution in [3.8, 4) is 0 Å². The van der Waals surface area contributed by atoms with Gasteiger partial charge >= 0.3 is 5.97 Å². The van der Waals surface area contributed by atoms with Crippen LogP contribution >= 0.6 is 0 Å². The van der Waals surface area contributed by atoms with Gasteiger partial charge in [-0.25, -0.2) is 9.18 Å². The van der Waals surface area contributed by atoms with Gasteiger partial charge in [-0.05, 0) is 18.2 Å². The van der Waals surface area contributed by atoms with Crippen molar-refractivity contribution in [3.63, 3.8) is 0 Å². The third-order valence-corrected chi connectivity index (χ3v) is 2.92. The molecule has 0 unspecified atom stereocenters. The van der Waals surface area contributed by atoms with E-state index in [-0.39, 0.29) is 6.54 Å². The predicted octanol–water partition coefficient (Wildman–Crippen LogP) is 1.64. The Kier molecular flexibility index (Phi) is 4.71. The minimum atomic E-state index is -0.580. The molecule has 0 bridgehead atoms. The van der Waals surface area contributed by atoms with E-state index in [4.69, 9.17) is 4.74 Å². The molecule has 0 spiro atoms. The number of aromatic nitrogens is 1. The number of halogens is 1. The van der Waals surface area contributed by atoms with Crippen LogP contribution in [0.3, 0.4) is 0 Å². The van der Waals surface area contributed by atoms with Crippen LogP contribution in [0.2, 0.25) is 0 Å². The van der Waals surface area contributed by atoms with Gasteiger partial charge in [-0.1, -0.05) is 18.2 Å². The summed E-state index contributed by atoms with van der Waals surface area (Å²) < 4.78 is 19.8. The molecule has 0 aliphatic carbocycles. The van der Waals surface area contributed by atoms with E-state index in [1.165, 1.54) is 6.07 Å². The molecular weight excluding hydrogens is 275 g/mol. The first kappa shape index (κ1) is 14.8. The van der Waals surface area contributed by atoms with Gasteiger partial charge in [0, 0.05) is 25.4 Å². The largest absolute Gasteiger partial charge is 0.451 e. The minimum Gasteiger partial charge on any atom is -0.451 e. The maximum atomic E-state index is 13.3. The lowest BCUT2D eigenvalue weighted by atomic mass is 10.2. The normalized spacial score (nSPS) is 10.2. The first-order valence-corrected chi connectivity index (χ1v) is 6.36. The number of rotatable bonds is 5. The van der Waals surface area contributed by atoms with Gasteiger partial charge in [0.1, 0.15) is 11.5 Å². The predicted molar refractivity (Wildman–Crippen MR) is 73.9 cm³/mol. The second-order valence-corrected chi connectivity index (χ2v) is 4.45. The van der Waals surface area contributed by atoms with Crippen LogP contribution in [0.4, 0.5) is 4.39 Å². The van der Waals surface area contributed by atoms with Gasteiger partial charge in [-0.2, -0.15) is 0 Å². The Bertz CT molecular complexity index is 652. The molecule has 0 atom stereocenters. The molecule has 1 aromatic carbocycles. The summed E-state index contributed by atoms with van der Waals surface area (Å²) in [6, 6.07) is 9.44. The number of carbonyl (C=O) groups is 2. The molecule has 0 saturated heterocycles. The number of amides is 1. The summed E-state index contributed by atoms with van der Waals surface area (Å²) >= 11 is 0. The molecule has 0 aliphatic rings. The topological polar surface area (TPSA) is 60.3 Å². The molecule has 1 N–H and O–H groups in total. The Balaban J connectivity index is 1.79. The molecule has 1 amide bonds. The standard InChI is InChI=1S/C15H15FN2O3/c1-18-8-4-7-13(18)15(20)21-10-14(19)17-9-11-5-2-3-6-12(11)16/h2-8H,9-10H2,1H3,(H,17,19). The first-order valence-electron chi connectivity index (χ1n) is 6.36. The number of nitrogens with zero attached hydrogens (tertiary/aromatic N) is 1. The Labute approximate surface area is 121 Å². The van der Waals surface area contributed by atoms with Crippen LogP contribution in [-0.2, 0) is 23.1 Å². The first-order chi connectivity index (χ1) is 10.1. The van der Waals surface area contributed by atoms with Crippen molar-refractivity contribution in [2.45, 2.75) is 6.54 Å². The summed E-state index contributed by atoms with van der Waals surface area (Å²) in [5.74, 6) is -1.46. The van der Waals surface area contributed by atoms with E-state index in [2.05, 4.69) is 5.32 Å². The van der Waals surface area contributed by atoms with Crippen molar-refractivity contribution in [2.24, 2.45) is 7.05 Å². The molecule has 0 fully saturated rings. The molecule has 2 aromatic rings. The van der Waals surface area contributed by atoms with Crippen LogP contribution in [-0.4, -0.2) is 23.1 Å². The summed E-state index contributed by atoms with van der Waals surface area (Å²) in [5, 5.41) is 2.49. The average Bonchev–Trinajstić information content (AvgIpc) is 2.90. The van der Waals surface area contributed by atoms with E-state index in [9.17, 15) is 14.0 Å². The van der Waals surface area contributed by atoms with Crippen LogP contribution in [0.25, 0.3) is 0 Å². The number of aryl methyl sites for hydroxylation is 1. The highest BCUT2D eigenvalue weighted by Gasteiger charge is 2.12. The Morgan fingerprint density at radius 1 is 1.24 bits per heavy atom. The minimum absolute atomic E-state index is 0.0488. The molecule has 6 heteroatoms. The van der Waals surface area contributed by atoms with Crippen molar-refractivity contribution >= 4 is 11.9 Å². The molecule has 21 heavy (non-hydrogen) atoms. The summed E-state index contributed by atoms with van der Waals surface area (Å²) in [6.45, 7) is -0.355. The van der Waals surface area contributed by atoms with E-state index in [0.717, 1.165) is 0 Å². The lowest BCUT2D eigenvalue weighted by molar-refractivity contribution is -0.124. The van der Waals surface area contributed by atoms with E-state index < -0.39 is 24.3 Å². The average molecular weight is 290 g/mol. The van der Waals surface area contributed by atoms with Crippen LogP contribution in [0.1, 0.15) is 16.1 Å². The van der Waals surface area contributed by atoms with E-state index in [1.54, 1.807) is 48.1 Å². The smallest absolute Gasteiger partial charge is 0.355 e. The number of hydrogen-bond donors (Lipinski definition) is 1. The van der Waals surface area contributed by atoms with Crippen molar-refractivity contribution in [1.29, 1.82) is 0 Å². The third-order valence-electron chi connectivity index (χ3n) is 2.92. The number of benzene rings is 1. The Morgan fingerprint density at radius 3 is 2.67 bits per heavy atom. The van der Waals surface area contributed by atoms with Crippen LogP contribution < -0.4 is 5.32 Å². The molecule has 1 heterocycles. The lowest BCUT2D eigenvalue weighted by Gasteiger charge is -2.07. The van der Waals surface area contributed by atoms with Crippen molar-refractivity contribution in [1.82, 2.24) is 9.88 Å². The SMILES string of the molecule is Cn1cccc1C(=O)OCC(=O)NCc1ccccc1F. The molecule has 0 aliphatic heterocycles. The van der Waals surface area contributed by atoms with Crippen LogP contribution in [0, 0.1) is 5.82 Å². The summed E-state index contributed by atoms with van der Waals surface area (Å²) in [7, 11) is 1.70. The van der Waals surface area contributed by atoms with Gasteiger partial charge in [-0.3, -0.25) is 4.79 Å². The zero-order valence-corrected chi connectivity index (χ0v) is 11.5. The summed E-state index contributed by atoms with van der Waals surface area (Å²) in [6.07, 6.45) is 1.70. The molecular formula is C15H15FN2O3. The highest BCUT2D eigenvalue weighted by Crippen LogP contribution is 2.05. The highest BCUT2D eigenvalue weighted by molar-refractivity contribution is 5.89. The maximum absolute atomic E-state index is 13.3. The van der Waals surface area contributed by atoms with Crippen LogP contribution in [0.15, 0.2) is 42.6 Å². The highest BCUT2D eigenvalue weighted by atomic mass is 19.1. The number of hydrogen-bond acceptors (Lipinski definition) is 3. The molecule has 0 radical (unpaired) electrons. The van der Waals surface area contributed by atoms with Gasteiger partial charge in [0.25, 0.3) is 5.91 Å². The molecule has 0 saturated carbocycles. The zero-order valence-electron chi connectivity index (χ0n) is 11.5. The zero-order chi connectivity index (χ0) is 15.2. The third kappa shape index (κ3) is 3.92. The summed E-state index contributed by atoms with van der Waals surface area (Å²) in [4.78, 5) is 23.2. The van der Waals surface area contributed by atoms with E-state index in [1.807, 2.05) is 0 Å². The van der Waals surface area contributed by atoms with E-state index >= 15 is 0 Å². The van der Waals surface area contributed by atoms with Crippen molar-refractivity contribution in [3.05, 3.63) is 59.7 Å². The van der Waals surface area contributed by atoms with Crippen molar-refractivity contribution < 1.29 is 18.7 Å². The maximum Gasteiger partial charge on any atom is 0.355 e. The van der Waals surface area contributed by atoms with Crippen molar-refractivity contribution in [2.75, 3.05) is 6.61 Å².